The van der Waals surface area contributed by atoms with Gasteiger partial charge in [-0.15, -0.1) is 0 Å². The second-order valence-electron chi connectivity index (χ2n) is 3.42. The fraction of sp³-hybridized carbons (Fsp3) is 0.889. The predicted molar refractivity (Wildman–Crippen MR) is 55.2 cm³/mol. The molecule has 1 aliphatic heterocycles. The van der Waals surface area contributed by atoms with Gasteiger partial charge in [0.25, 0.3) is 0 Å². The number of likely N-dealkylation sites (N-methyl/N-ethyl adjacent to an activating group) is 1. The van der Waals surface area contributed by atoms with Gasteiger partial charge >= 0.3 is 5.97 Å². The Morgan fingerprint density at radius 3 is 2.92 bits per heavy atom. The molecule has 0 aliphatic carbocycles. The Labute approximate surface area is 83.3 Å². The van der Waals surface area contributed by atoms with Crippen LogP contribution in [0.3, 0.4) is 0 Å². The van der Waals surface area contributed by atoms with Crippen molar-refractivity contribution in [2.75, 3.05) is 12.3 Å². The van der Waals surface area contributed by atoms with Crippen LogP contribution < -0.4 is 5.32 Å². The molecule has 0 amide bonds. The second-order valence-corrected chi connectivity index (χ2v) is 4.87. The molecule has 1 heterocycles. The van der Waals surface area contributed by atoms with Crippen molar-refractivity contribution in [3.05, 3.63) is 0 Å². The van der Waals surface area contributed by atoms with E-state index in [9.17, 15) is 9.90 Å². The lowest BCUT2D eigenvalue weighted by Gasteiger charge is -2.39. The maximum Gasteiger partial charge on any atom is 0.325 e. The van der Waals surface area contributed by atoms with Crippen LogP contribution in [0.4, 0.5) is 0 Å². The van der Waals surface area contributed by atoms with Crippen LogP contribution in [0.25, 0.3) is 0 Å². The average molecular weight is 203 g/mol. The van der Waals surface area contributed by atoms with E-state index in [0.717, 1.165) is 25.1 Å². The maximum atomic E-state index is 11.2. The highest BCUT2D eigenvalue weighted by Gasteiger charge is 2.44. The minimum absolute atomic E-state index is 0.165. The van der Waals surface area contributed by atoms with E-state index in [-0.39, 0.29) is 5.25 Å². The monoisotopic (exact) mass is 203 g/mol. The smallest absolute Gasteiger partial charge is 0.325 e. The van der Waals surface area contributed by atoms with E-state index in [2.05, 4.69) is 5.32 Å². The Bertz CT molecular complexity index is 194. The molecule has 2 N–H and O–H groups in total. The summed E-state index contributed by atoms with van der Waals surface area (Å²) < 4.78 is 0. The molecule has 2 unspecified atom stereocenters. The summed E-state index contributed by atoms with van der Waals surface area (Å²) in [4.78, 5) is 11.2. The van der Waals surface area contributed by atoms with Gasteiger partial charge in [-0.25, -0.2) is 0 Å². The lowest BCUT2D eigenvalue weighted by molar-refractivity contribution is -0.145. The SMILES string of the molecule is CCNC1(C(=O)O)CCCSC1C. The summed E-state index contributed by atoms with van der Waals surface area (Å²) in [6.45, 7) is 4.68. The van der Waals surface area contributed by atoms with E-state index in [1.807, 2.05) is 13.8 Å². The molecule has 3 nitrogen and oxygen atoms in total. The molecule has 76 valence electrons. The first kappa shape index (κ1) is 10.9. The van der Waals surface area contributed by atoms with Crippen LogP contribution >= 0.6 is 11.8 Å². The van der Waals surface area contributed by atoms with Crippen LogP contribution in [0.15, 0.2) is 0 Å². The molecule has 1 rings (SSSR count). The molecule has 0 radical (unpaired) electrons. The minimum atomic E-state index is -0.700. The van der Waals surface area contributed by atoms with Crippen LogP contribution in [0.1, 0.15) is 26.7 Å². The van der Waals surface area contributed by atoms with E-state index >= 15 is 0 Å². The molecule has 0 spiro atoms. The van der Waals surface area contributed by atoms with Crippen molar-refractivity contribution in [2.45, 2.75) is 37.5 Å². The summed E-state index contributed by atoms with van der Waals surface area (Å²) >= 11 is 1.75. The zero-order valence-corrected chi connectivity index (χ0v) is 8.99. The summed E-state index contributed by atoms with van der Waals surface area (Å²) in [7, 11) is 0. The summed E-state index contributed by atoms with van der Waals surface area (Å²) in [5.74, 6) is 0.385. The van der Waals surface area contributed by atoms with E-state index in [1.54, 1.807) is 11.8 Å². The van der Waals surface area contributed by atoms with Crippen molar-refractivity contribution in [3.8, 4) is 0 Å². The minimum Gasteiger partial charge on any atom is -0.480 e. The van der Waals surface area contributed by atoms with Crippen molar-refractivity contribution in [2.24, 2.45) is 0 Å². The molecule has 1 saturated heterocycles. The maximum absolute atomic E-state index is 11.2. The summed E-state index contributed by atoms with van der Waals surface area (Å²) in [5, 5.41) is 12.5. The Morgan fingerprint density at radius 2 is 2.46 bits per heavy atom. The van der Waals surface area contributed by atoms with E-state index in [0.29, 0.717) is 0 Å². The number of hydrogen-bond acceptors (Lipinski definition) is 3. The van der Waals surface area contributed by atoms with E-state index < -0.39 is 11.5 Å². The first-order chi connectivity index (χ1) is 6.13. The van der Waals surface area contributed by atoms with Gasteiger partial charge in [0, 0.05) is 5.25 Å². The van der Waals surface area contributed by atoms with Gasteiger partial charge in [-0.2, -0.15) is 11.8 Å². The molecule has 1 fully saturated rings. The highest BCUT2D eigenvalue weighted by atomic mass is 32.2. The first-order valence-corrected chi connectivity index (χ1v) is 5.78. The van der Waals surface area contributed by atoms with Crippen LogP contribution in [-0.2, 0) is 4.79 Å². The van der Waals surface area contributed by atoms with Gasteiger partial charge in [0.15, 0.2) is 0 Å². The van der Waals surface area contributed by atoms with E-state index in [4.69, 9.17) is 0 Å². The van der Waals surface area contributed by atoms with Crippen LogP contribution in [0, 0.1) is 0 Å². The number of thioether (sulfide) groups is 1. The molecule has 13 heavy (non-hydrogen) atoms. The molecule has 4 heteroatoms. The molecule has 1 aliphatic rings. The van der Waals surface area contributed by atoms with Crippen LogP contribution in [0.2, 0.25) is 0 Å². The highest BCUT2D eigenvalue weighted by molar-refractivity contribution is 8.00. The average Bonchev–Trinajstić information content (AvgIpc) is 2.09. The molecule has 0 saturated carbocycles. The zero-order chi connectivity index (χ0) is 9.90. The number of carbonyl (C=O) groups is 1. The van der Waals surface area contributed by atoms with Crippen molar-refractivity contribution in [3.63, 3.8) is 0 Å². The van der Waals surface area contributed by atoms with Crippen LogP contribution in [0.5, 0.6) is 0 Å². The third-order valence-corrected chi connectivity index (χ3v) is 4.08. The topological polar surface area (TPSA) is 49.3 Å². The Morgan fingerprint density at radius 1 is 1.77 bits per heavy atom. The van der Waals surface area contributed by atoms with Crippen LogP contribution in [-0.4, -0.2) is 34.2 Å². The lowest BCUT2D eigenvalue weighted by Crippen LogP contribution is -2.59. The molecular weight excluding hydrogens is 186 g/mol. The first-order valence-electron chi connectivity index (χ1n) is 4.73. The van der Waals surface area contributed by atoms with Gasteiger partial charge in [0.1, 0.15) is 5.54 Å². The molecule has 2 atom stereocenters. The number of aliphatic carboxylic acids is 1. The number of hydrogen-bond donors (Lipinski definition) is 2. The standard InChI is InChI=1S/C9H17NO2S/c1-3-10-9(8(11)12)5-4-6-13-7(9)2/h7,10H,3-6H2,1-2H3,(H,11,12). The molecule has 0 aromatic rings. The number of carboxylic acid groups (broad SMARTS) is 1. The zero-order valence-electron chi connectivity index (χ0n) is 8.17. The predicted octanol–water partition coefficient (Wildman–Crippen LogP) is 1.33. The Balaban J connectivity index is 2.79. The third kappa shape index (κ3) is 1.99. The van der Waals surface area contributed by atoms with Gasteiger partial charge < -0.3 is 10.4 Å². The fourth-order valence-corrected chi connectivity index (χ4v) is 3.11. The van der Waals surface area contributed by atoms with Crippen molar-refractivity contribution in [1.29, 1.82) is 0 Å². The van der Waals surface area contributed by atoms with Gasteiger partial charge in [0.05, 0.1) is 0 Å². The number of carboxylic acids is 1. The number of rotatable bonds is 3. The Kier molecular flexibility index (Phi) is 3.62. The van der Waals surface area contributed by atoms with Gasteiger partial charge in [-0.3, -0.25) is 4.79 Å². The summed E-state index contributed by atoms with van der Waals surface area (Å²) in [6, 6.07) is 0. The van der Waals surface area contributed by atoms with Gasteiger partial charge in [-0.05, 0) is 25.1 Å². The third-order valence-electron chi connectivity index (χ3n) is 2.65. The Hall–Kier alpha value is -0.220. The number of nitrogens with one attached hydrogen (secondary N) is 1. The lowest BCUT2D eigenvalue weighted by atomic mass is 9.89. The molecule has 0 aromatic carbocycles. The van der Waals surface area contributed by atoms with Crippen molar-refractivity contribution >= 4 is 17.7 Å². The quantitative estimate of drug-likeness (QED) is 0.726. The fourth-order valence-electron chi connectivity index (χ4n) is 1.86. The molecule has 0 bridgehead atoms. The largest absolute Gasteiger partial charge is 0.480 e. The second kappa shape index (κ2) is 4.33. The van der Waals surface area contributed by atoms with Gasteiger partial charge in [-0.1, -0.05) is 13.8 Å². The molecule has 0 aromatic heterocycles. The normalized spacial score (nSPS) is 34.5. The molecular formula is C9H17NO2S. The van der Waals surface area contributed by atoms with E-state index in [1.165, 1.54) is 0 Å². The van der Waals surface area contributed by atoms with Crippen molar-refractivity contribution in [1.82, 2.24) is 5.32 Å². The summed E-state index contributed by atoms with van der Waals surface area (Å²) in [6.07, 6.45) is 1.75. The van der Waals surface area contributed by atoms with Gasteiger partial charge in [0.2, 0.25) is 0 Å². The summed E-state index contributed by atoms with van der Waals surface area (Å²) in [5.41, 5.74) is -0.683. The van der Waals surface area contributed by atoms with Crippen molar-refractivity contribution < 1.29 is 9.90 Å². The highest BCUT2D eigenvalue weighted by Crippen LogP contribution is 2.34.